The van der Waals surface area contributed by atoms with Crippen LogP contribution in [0.4, 0.5) is 0 Å². The second-order valence-corrected chi connectivity index (χ2v) is 8.32. The Kier molecular flexibility index (Phi) is 9.67. The summed E-state index contributed by atoms with van der Waals surface area (Å²) in [5, 5.41) is 3.86. The van der Waals surface area contributed by atoms with E-state index in [4.69, 9.17) is 23.2 Å². The Morgan fingerprint density at radius 1 is 1.03 bits per heavy atom. The molecule has 162 valence electrons. The molecule has 1 atom stereocenters. The molecule has 0 saturated carbocycles. The van der Waals surface area contributed by atoms with Gasteiger partial charge in [0.05, 0.1) is 16.5 Å². The van der Waals surface area contributed by atoms with Crippen LogP contribution in [-0.4, -0.2) is 29.3 Å². The van der Waals surface area contributed by atoms with Gasteiger partial charge in [-0.2, -0.15) is 0 Å². The Hall–Kier alpha value is -2.04. The van der Waals surface area contributed by atoms with Crippen molar-refractivity contribution in [1.29, 1.82) is 0 Å². The molecule has 0 heterocycles. The molecular weight excluding hydrogens is 419 g/mol. The zero-order valence-electron chi connectivity index (χ0n) is 17.9. The number of nitrogens with zero attached hydrogens (tertiary/aromatic N) is 1. The van der Waals surface area contributed by atoms with Gasteiger partial charge >= 0.3 is 0 Å². The summed E-state index contributed by atoms with van der Waals surface area (Å²) in [4.78, 5) is 27.8. The van der Waals surface area contributed by atoms with Gasteiger partial charge < -0.3 is 10.2 Å². The van der Waals surface area contributed by atoms with E-state index >= 15 is 0 Å². The number of rotatable bonds is 10. The van der Waals surface area contributed by atoms with Gasteiger partial charge in [0.2, 0.25) is 11.8 Å². The molecule has 6 heteroatoms. The summed E-state index contributed by atoms with van der Waals surface area (Å²) >= 11 is 12.2. The summed E-state index contributed by atoms with van der Waals surface area (Å²) in [5.41, 5.74) is 2.86. The topological polar surface area (TPSA) is 49.4 Å². The molecule has 4 nitrogen and oxygen atoms in total. The van der Waals surface area contributed by atoms with Crippen LogP contribution >= 0.6 is 23.2 Å². The van der Waals surface area contributed by atoms with Crippen molar-refractivity contribution in [2.45, 2.75) is 59.0 Å². The maximum atomic E-state index is 13.3. The fourth-order valence-corrected chi connectivity index (χ4v) is 3.68. The van der Waals surface area contributed by atoms with Crippen molar-refractivity contribution < 1.29 is 9.59 Å². The molecule has 2 rings (SSSR count). The van der Waals surface area contributed by atoms with Gasteiger partial charge in [0.25, 0.3) is 0 Å². The van der Waals surface area contributed by atoms with E-state index in [1.165, 1.54) is 0 Å². The number of amides is 2. The van der Waals surface area contributed by atoms with Crippen LogP contribution in [0.3, 0.4) is 0 Å². The molecule has 2 amide bonds. The van der Waals surface area contributed by atoms with Crippen LogP contribution in [-0.2, 0) is 22.6 Å². The molecule has 1 unspecified atom stereocenters. The van der Waals surface area contributed by atoms with E-state index in [2.05, 4.69) is 12.2 Å². The van der Waals surface area contributed by atoms with Crippen LogP contribution in [0.15, 0.2) is 42.5 Å². The molecular formula is C24H30Cl2N2O2. The SMILES string of the molecule is CCCCNC(=O)C(CC)N(Cc1ccc(Cl)c(Cl)c1)C(=O)Cc1cccc(C)c1. The molecule has 0 aliphatic heterocycles. The van der Waals surface area contributed by atoms with Crippen molar-refractivity contribution in [3.8, 4) is 0 Å². The lowest BCUT2D eigenvalue weighted by atomic mass is 10.1. The number of halogens is 2. The molecule has 0 aromatic heterocycles. The predicted molar refractivity (Wildman–Crippen MR) is 124 cm³/mol. The number of carbonyl (C=O) groups is 2. The van der Waals surface area contributed by atoms with Crippen molar-refractivity contribution in [2.75, 3.05) is 6.54 Å². The first-order chi connectivity index (χ1) is 14.3. The average molecular weight is 449 g/mol. The van der Waals surface area contributed by atoms with E-state index in [-0.39, 0.29) is 18.2 Å². The predicted octanol–water partition coefficient (Wildman–Crippen LogP) is 5.57. The molecule has 0 saturated heterocycles. The Morgan fingerprint density at radius 3 is 2.43 bits per heavy atom. The third kappa shape index (κ3) is 7.03. The first-order valence-electron chi connectivity index (χ1n) is 10.4. The molecule has 1 N–H and O–H groups in total. The highest BCUT2D eigenvalue weighted by molar-refractivity contribution is 6.42. The Labute approximate surface area is 189 Å². The van der Waals surface area contributed by atoms with E-state index in [9.17, 15) is 9.59 Å². The zero-order valence-corrected chi connectivity index (χ0v) is 19.4. The number of aryl methyl sites for hydroxylation is 1. The van der Waals surface area contributed by atoms with Gasteiger partial charge in [-0.3, -0.25) is 9.59 Å². The van der Waals surface area contributed by atoms with Crippen LogP contribution in [0.2, 0.25) is 10.0 Å². The number of hydrogen-bond acceptors (Lipinski definition) is 2. The number of carbonyl (C=O) groups excluding carboxylic acids is 2. The highest BCUT2D eigenvalue weighted by Gasteiger charge is 2.28. The fraction of sp³-hybridized carbons (Fsp3) is 0.417. The summed E-state index contributed by atoms with van der Waals surface area (Å²) < 4.78 is 0. The van der Waals surface area contributed by atoms with Crippen LogP contribution in [0.1, 0.15) is 49.8 Å². The van der Waals surface area contributed by atoms with Gasteiger partial charge in [0.1, 0.15) is 6.04 Å². The highest BCUT2D eigenvalue weighted by Crippen LogP contribution is 2.24. The van der Waals surface area contributed by atoms with Crippen molar-refractivity contribution in [1.82, 2.24) is 10.2 Å². The number of unbranched alkanes of at least 4 members (excludes halogenated alkanes) is 1. The first kappa shape index (κ1) is 24.2. The van der Waals surface area contributed by atoms with Crippen molar-refractivity contribution in [3.63, 3.8) is 0 Å². The maximum absolute atomic E-state index is 13.3. The monoisotopic (exact) mass is 448 g/mol. The molecule has 30 heavy (non-hydrogen) atoms. The van der Waals surface area contributed by atoms with Gasteiger partial charge in [0, 0.05) is 13.1 Å². The zero-order chi connectivity index (χ0) is 22.1. The summed E-state index contributed by atoms with van der Waals surface area (Å²) in [7, 11) is 0. The van der Waals surface area contributed by atoms with Gasteiger partial charge in [-0.05, 0) is 43.0 Å². The highest BCUT2D eigenvalue weighted by atomic mass is 35.5. The van der Waals surface area contributed by atoms with Crippen molar-refractivity contribution >= 4 is 35.0 Å². The fourth-order valence-electron chi connectivity index (χ4n) is 3.36. The largest absolute Gasteiger partial charge is 0.354 e. The third-order valence-corrected chi connectivity index (χ3v) is 5.73. The van der Waals surface area contributed by atoms with Crippen molar-refractivity contribution in [3.05, 3.63) is 69.2 Å². The lowest BCUT2D eigenvalue weighted by Crippen LogP contribution is -2.49. The minimum absolute atomic E-state index is 0.0934. The summed E-state index contributed by atoms with van der Waals surface area (Å²) in [6, 6.07) is 12.6. The van der Waals surface area contributed by atoms with Crippen LogP contribution in [0.25, 0.3) is 0 Å². The van der Waals surface area contributed by atoms with E-state index in [1.54, 1.807) is 17.0 Å². The average Bonchev–Trinajstić information content (AvgIpc) is 2.70. The molecule has 2 aromatic rings. The molecule has 0 aliphatic rings. The van der Waals surface area contributed by atoms with Crippen LogP contribution < -0.4 is 5.32 Å². The first-order valence-corrected chi connectivity index (χ1v) is 11.2. The summed E-state index contributed by atoms with van der Waals surface area (Å²) in [6.45, 7) is 6.90. The molecule has 0 radical (unpaired) electrons. The van der Waals surface area contributed by atoms with Gasteiger partial charge in [-0.15, -0.1) is 0 Å². The van der Waals surface area contributed by atoms with Crippen LogP contribution in [0.5, 0.6) is 0 Å². The lowest BCUT2D eigenvalue weighted by molar-refractivity contribution is -0.140. The minimum atomic E-state index is -0.548. The standard InChI is InChI=1S/C24H30Cl2N2O2/c1-4-6-12-27-24(30)22(5-2)28(16-19-10-11-20(25)21(26)14-19)23(29)15-18-9-7-8-17(3)13-18/h7-11,13-14,22H,4-6,12,15-16H2,1-3H3,(H,27,30). The van der Waals surface area contributed by atoms with E-state index < -0.39 is 6.04 Å². The van der Waals surface area contributed by atoms with Crippen LogP contribution in [0, 0.1) is 6.92 Å². The van der Waals surface area contributed by atoms with Gasteiger partial charge in [0.15, 0.2) is 0 Å². The second-order valence-electron chi connectivity index (χ2n) is 7.50. The maximum Gasteiger partial charge on any atom is 0.242 e. The molecule has 2 aromatic carbocycles. The van der Waals surface area contributed by atoms with E-state index in [1.807, 2.05) is 44.2 Å². The normalized spacial score (nSPS) is 11.8. The van der Waals surface area contributed by atoms with Gasteiger partial charge in [-0.1, -0.05) is 79.4 Å². The Morgan fingerprint density at radius 2 is 1.80 bits per heavy atom. The summed E-state index contributed by atoms with van der Waals surface area (Å²) in [5.74, 6) is -0.215. The van der Waals surface area contributed by atoms with Crippen molar-refractivity contribution in [2.24, 2.45) is 0 Å². The van der Waals surface area contributed by atoms with E-state index in [0.717, 1.165) is 29.5 Å². The smallest absolute Gasteiger partial charge is 0.242 e. The number of hydrogen-bond donors (Lipinski definition) is 1. The Balaban J connectivity index is 2.28. The Bertz CT molecular complexity index is 870. The minimum Gasteiger partial charge on any atom is -0.354 e. The molecule has 0 spiro atoms. The number of nitrogens with one attached hydrogen (secondary N) is 1. The van der Waals surface area contributed by atoms with E-state index in [0.29, 0.717) is 29.6 Å². The molecule has 0 bridgehead atoms. The third-order valence-electron chi connectivity index (χ3n) is 4.99. The molecule has 0 fully saturated rings. The number of benzene rings is 2. The lowest BCUT2D eigenvalue weighted by Gasteiger charge is -2.31. The summed E-state index contributed by atoms with van der Waals surface area (Å²) in [6.07, 6.45) is 2.67. The second kappa shape index (κ2) is 12.0. The quantitative estimate of drug-likeness (QED) is 0.483. The molecule has 0 aliphatic carbocycles. The van der Waals surface area contributed by atoms with Gasteiger partial charge in [-0.25, -0.2) is 0 Å².